The maximum absolute atomic E-state index is 13.0. The number of hydrogen-bond donors (Lipinski definition) is 2. The number of carbonyl (C=O) groups excluding carboxylic acids is 1. The van der Waals surface area contributed by atoms with Crippen LogP contribution >= 0.6 is 7.94 Å². The van der Waals surface area contributed by atoms with Gasteiger partial charge in [-0.3, -0.25) is 4.79 Å². The van der Waals surface area contributed by atoms with E-state index in [1.165, 1.54) is 0 Å². The van der Waals surface area contributed by atoms with E-state index >= 15 is 0 Å². The first kappa shape index (κ1) is 16.8. The number of hydrogen-bond acceptors (Lipinski definition) is 3. The van der Waals surface area contributed by atoms with Crippen LogP contribution in [0.4, 0.5) is 18.9 Å². The predicted molar refractivity (Wildman–Crippen MR) is 72.0 cm³/mol. The Morgan fingerprint density at radius 3 is 2.29 bits per heavy atom. The quantitative estimate of drug-likeness (QED) is 0.379. The molecule has 0 saturated carbocycles. The minimum atomic E-state index is -2.47. The number of halogens is 3. The molecule has 1 rings (SSSR count). The van der Waals surface area contributed by atoms with Gasteiger partial charge in [0.25, 0.3) is 5.91 Å². The lowest BCUT2D eigenvalue weighted by Crippen LogP contribution is -2.14. The maximum atomic E-state index is 13.0. The molecular weight excluding hydrogens is 304 g/mol. The minimum absolute atomic E-state index is 0.110. The van der Waals surface area contributed by atoms with Crippen molar-refractivity contribution in [2.24, 2.45) is 0 Å². The molecule has 1 amide bonds. The fraction of sp³-hybridized carbons (Fsp3) is 0. The average molecular weight is 314 g/mol. The number of anilines is 1. The highest BCUT2D eigenvalue weighted by Gasteiger charge is 2.14. The van der Waals surface area contributed by atoms with Crippen LogP contribution in [0, 0.1) is 22.6 Å². The zero-order valence-electron chi connectivity index (χ0n) is 10.6. The summed E-state index contributed by atoms with van der Waals surface area (Å²) < 4.78 is 38.8. The lowest BCUT2D eigenvalue weighted by atomic mass is 10.2. The van der Waals surface area contributed by atoms with Gasteiger partial charge in [-0.25, -0.2) is 13.2 Å². The topological polar surface area (TPSA) is 76.0 Å². The number of allylic oxidation sites excluding steroid dienone is 2. The van der Waals surface area contributed by atoms with E-state index in [4.69, 9.17) is 5.16 Å². The summed E-state index contributed by atoms with van der Waals surface area (Å²) >= 11 is 0. The van der Waals surface area contributed by atoms with E-state index in [1.54, 1.807) is 0 Å². The molecule has 21 heavy (non-hydrogen) atoms. The van der Waals surface area contributed by atoms with Gasteiger partial charge in [-0.1, -0.05) is 12.7 Å². The summed E-state index contributed by atoms with van der Waals surface area (Å²) in [6.45, 7) is 6.68. The molecule has 2 N–H and O–H groups in total. The van der Waals surface area contributed by atoms with Crippen molar-refractivity contribution in [2.45, 2.75) is 0 Å². The summed E-state index contributed by atoms with van der Waals surface area (Å²) in [5, 5.41) is 8.96. The van der Waals surface area contributed by atoms with Crippen LogP contribution in [-0.4, -0.2) is 5.91 Å². The van der Waals surface area contributed by atoms with E-state index in [2.05, 4.69) is 18.5 Å². The normalized spacial score (nSPS) is 11.8. The van der Waals surface area contributed by atoms with Gasteiger partial charge in [0.15, 0.2) is 30.7 Å². The van der Waals surface area contributed by atoms with Crippen molar-refractivity contribution in [2.75, 3.05) is 5.32 Å². The van der Waals surface area contributed by atoms with Gasteiger partial charge in [-0.05, 0) is 6.58 Å². The molecule has 0 aliphatic rings. The number of nitrogens with one attached hydrogen (secondary N) is 2. The molecule has 1 aromatic carbocycles. The molecule has 0 aliphatic carbocycles. The fourth-order valence-corrected chi connectivity index (χ4v) is 1.54. The predicted octanol–water partition coefficient (Wildman–Crippen LogP) is 3.19. The Labute approximate surface area is 119 Å². The highest BCUT2D eigenvalue weighted by molar-refractivity contribution is 7.43. The number of rotatable bonds is 5. The van der Waals surface area contributed by atoms with E-state index in [9.17, 15) is 22.9 Å². The Morgan fingerprint density at radius 2 is 1.86 bits per heavy atom. The Balaban J connectivity index is 3.01. The molecule has 0 fully saturated rings. The molecule has 4 nitrogen and oxygen atoms in total. The first-order valence-electron chi connectivity index (χ1n) is 5.43. The smallest absolute Gasteiger partial charge is 0.255 e. The number of carbonyl (C=O) groups is 1. The van der Waals surface area contributed by atoms with Crippen molar-refractivity contribution in [1.29, 1.82) is 5.16 Å². The number of amides is 1. The molecule has 0 bridgehead atoms. The Hall–Kier alpha value is -2.24. The molecule has 0 spiro atoms. The van der Waals surface area contributed by atoms with Crippen LogP contribution in [0.25, 0.3) is 0 Å². The zero-order valence-corrected chi connectivity index (χ0v) is 11.5. The molecule has 0 heterocycles. The second-order valence-corrected chi connectivity index (χ2v) is 4.96. The van der Waals surface area contributed by atoms with E-state index < -0.39 is 31.3 Å². The lowest BCUT2D eigenvalue weighted by Gasteiger charge is -2.07. The highest BCUT2D eigenvalue weighted by atomic mass is 31.1. The van der Waals surface area contributed by atoms with Crippen LogP contribution in [0.15, 0.2) is 48.3 Å². The van der Waals surface area contributed by atoms with Crippen molar-refractivity contribution in [1.82, 2.24) is 0 Å². The van der Waals surface area contributed by atoms with Gasteiger partial charge in [0, 0.05) is 29.5 Å². The van der Waals surface area contributed by atoms with Gasteiger partial charge in [-0.2, -0.15) is 0 Å². The van der Waals surface area contributed by atoms with Crippen molar-refractivity contribution < 1.29 is 22.9 Å². The summed E-state index contributed by atoms with van der Waals surface area (Å²) in [4.78, 5) is 22.7. The van der Waals surface area contributed by atoms with Gasteiger partial charge in [0.2, 0.25) is 0 Å². The summed E-state index contributed by atoms with van der Waals surface area (Å²) in [5.74, 6) is -5.37. The molecular formula is C13H10F3N2O2P. The van der Waals surface area contributed by atoms with Crippen molar-refractivity contribution >= 4 is 19.5 Å². The maximum Gasteiger partial charge on any atom is 0.255 e. The second-order valence-electron chi connectivity index (χ2n) is 3.80. The monoisotopic (exact) mass is 314 g/mol. The van der Waals surface area contributed by atoms with E-state index in [0.29, 0.717) is 12.1 Å². The van der Waals surface area contributed by atoms with Gasteiger partial charge < -0.3 is 10.2 Å². The van der Waals surface area contributed by atoms with Crippen LogP contribution in [-0.2, 0) is 4.79 Å². The molecule has 0 radical (unpaired) electrons. The summed E-state index contributed by atoms with van der Waals surface area (Å²) in [5.41, 5.74) is -0.411. The van der Waals surface area contributed by atoms with E-state index in [1.807, 2.05) is 0 Å². The SMILES string of the molecule is C=C/C(=C\C(=C)[P+](=N)[O-])C(=O)Nc1cc(F)c(F)c(F)c1. The van der Waals surface area contributed by atoms with E-state index in [0.717, 1.165) is 12.2 Å². The molecule has 0 saturated heterocycles. The van der Waals surface area contributed by atoms with Gasteiger partial charge >= 0.3 is 0 Å². The zero-order chi connectivity index (χ0) is 16.2. The van der Waals surface area contributed by atoms with Crippen molar-refractivity contribution in [3.05, 3.63) is 65.8 Å². The molecule has 1 unspecified atom stereocenters. The Morgan fingerprint density at radius 1 is 1.33 bits per heavy atom. The summed E-state index contributed by atoms with van der Waals surface area (Å²) in [6.07, 6.45) is 2.15. The summed E-state index contributed by atoms with van der Waals surface area (Å²) in [6, 6.07) is 1.22. The molecule has 1 atom stereocenters. The van der Waals surface area contributed by atoms with Crippen LogP contribution in [0.5, 0.6) is 0 Å². The third-order valence-corrected chi connectivity index (χ3v) is 2.96. The molecule has 8 heteroatoms. The van der Waals surface area contributed by atoms with Gasteiger partial charge in [-0.15, -0.1) is 5.16 Å². The van der Waals surface area contributed by atoms with Crippen molar-refractivity contribution in [3.8, 4) is 0 Å². The lowest BCUT2D eigenvalue weighted by molar-refractivity contribution is -0.154. The van der Waals surface area contributed by atoms with Crippen LogP contribution in [0.1, 0.15) is 0 Å². The van der Waals surface area contributed by atoms with Crippen molar-refractivity contribution in [3.63, 3.8) is 0 Å². The molecule has 0 aliphatic heterocycles. The van der Waals surface area contributed by atoms with Crippen LogP contribution in [0.3, 0.4) is 0 Å². The second kappa shape index (κ2) is 6.97. The van der Waals surface area contributed by atoms with E-state index in [-0.39, 0.29) is 16.6 Å². The Bertz CT molecular complexity index is 648. The third-order valence-electron chi connectivity index (χ3n) is 2.31. The average Bonchev–Trinajstić information content (AvgIpc) is 2.41. The minimum Gasteiger partial charge on any atom is -0.608 e. The molecule has 1 aromatic rings. The van der Waals surface area contributed by atoms with Gasteiger partial charge in [0.05, 0.1) is 0 Å². The standard InChI is InChI=1S/C13H10F3N2O2P/c1-3-8(4-7(2)21(17)20)13(19)18-9-5-10(14)12(16)11(15)6-9/h3-6,17H,1-2H2,(H,18,19)/b8-4+. The first-order chi connectivity index (χ1) is 9.76. The largest absolute Gasteiger partial charge is 0.608 e. The molecule has 0 aromatic heterocycles. The van der Waals surface area contributed by atoms with Gasteiger partial charge in [0.1, 0.15) is 0 Å². The third kappa shape index (κ3) is 4.37. The first-order valence-corrected chi connectivity index (χ1v) is 6.69. The Kier molecular flexibility index (Phi) is 5.58. The molecule has 110 valence electrons. The number of benzene rings is 1. The fourth-order valence-electron chi connectivity index (χ4n) is 1.29. The van der Waals surface area contributed by atoms with Crippen LogP contribution in [0.2, 0.25) is 0 Å². The van der Waals surface area contributed by atoms with Crippen LogP contribution < -0.4 is 10.2 Å². The highest BCUT2D eigenvalue weighted by Crippen LogP contribution is 2.24. The summed E-state index contributed by atoms with van der Waals surface area (Å²) in [7, 11) is -2.47.